The Bertz CT molecular complexity index is 699. The number of hydrogen-bond acceptors (Lipinski definition) is 5. The average molecular weight is 331 g/mol. The number of rotatable bonds is 7. The molecule has 1 unspecified atom stereocenters. The summed E-state index contributed by atoms with van der Waals surface area (Å²) in [5.41, 5.74) is 0.856. The van der Waals surface area contributed by atoms with Crippen molar-refractivity contribution in [1.82, 2.24) is 0 Å². The molecule has 0 aromatic heterocycles. The maximum absolute atomic E-state index is 11.4. The fourth-order valence-corrected chi connectivity index (χ4v) is 3.43. The molecule has 23 heavy (non-hydrogen) atoms. The van der Waals surface area contributed by atoms with Crippen molar-refractivity contribution >= 4 is 34.2 Å². The Kier molecular flexibility index (Phi) is 6.47. The lowest BCUT2D eigenvalue weighted by Crippen LogP contribution is -2.16. The van der Waals surface area contributed by atoms with Crippen molar-refractivity contribution in [2.24, 2.45) is 5.16 Å². The second kappa shape index (κ2) is 8.58. The first-order valence-electron chi connectivity index (χ1n) is 7.44. The van der Waals surface area contributed by atoms with Crippen molar-refractivity contribution in [2.75, 3.05) is 14.2 Å². The van der Waals surface area contributed by atoms with Crippen molar-refractivity contribution in [3.63, 3.8) is 0 Å². The Balaban J connectivity index is 2.17. The number of ether oxygens (including phenoxy) is 1. The van der Waals surface area contributed by atoms with E-state index in [-0.39, 0.29) is 11.2 Å². The lowest BCUT2D eigenvalue weighted by atomic mass is 10.1. The molecule has 0 heterocycles. The molecule has 2 aromatic carbocycles. The predicted molar refractivity (Wildman–Crippen MR) is 95.0 cm³/mol. The fourth-order valence-electron chi connectivity index (χ4n) is 2.31. The molecule has 0 saturated carbocycles. The maximum atomic E-state index is 11.4. The van der Waals surface area contributed by atoms with Crippen LogP contribution in [-0.4, -0.2) is 31.2 Å². The summed E-state index contributed by atoms with van der Waals surface area (Å²) in [6, 6.07) is 14.6. The van der Waals surface area contributed by atoms with E-state index in [1.807, 2.05) is 19.1 Å². The highest BCUT2D eigenvalue weighted by Crippen LogP contribution is 2.30. The van der Waals surface area contributed by atoms with Gasteiger partial charge in [-0.25, -0.2) is 0 Å². The summed E-state index contributed by atoms with van der Waals surface area (Å²) in [4.78, 5) is 17.4. The van der Waals surface area contributed by atoms with Gasteiger partial charge in [0.15, 0.2) is 0 Å². The Hall–Kier alpha value is -2.01. The number of nitrogens with zero attached hydrogens (tertiary/aromatic N) is 1. The molecular weight excluding hydrogens is 310 g/mol. The van der Waals surface area contributed by atoms with Crippen LogP contribution in [0.1, 0.15) is 19.8 Å². The number of hydrogen-bond donors (Lipinski definition) is 0. The zero-order valence-corrected chi connectivity index (χ0v) is 14.4. The van der Waals surface area contributed by atoms with Crippen LogP contribution in [0.15, 0.2) is 52.5 Å². The van der Waals surface area contributed by atoms with E-state index in [1.54, 1.807) is 11.8 Å². The van der Waals surface area contributed by atoms with Crippen LogP contribution in [0.3, 0.4) is 0 Å². The third kappa shape index (κ3) is 4.99. The Morgan fingerprint density at radius 2 is 1.91 bits per heavy atom. The molecule has 2 rings (SSSR count). The number of fused-ring (bicyclic) bond motifs is 1. The third-order valence-electron chi connectivity index (χ3n) is 3.54. The highest BCUT2D eigenvalue weighted by atomic mass is 32.2. The van der Waals surface area contributed by atoms with Crippen LogP contribution in [0.25, 0.3) is 10.8 Å². The fraction of sp³-hybridized carbons (Fsp3) is 0.333. The molecule has 2 aromatic rings. The number of carbonyl (C=O) groups excluding carboxylic acids is 1. The third-order valence-corrected chi connectivity index (χ3v) is 4.93. The second-order valence-corrected chi connectivity index (χ2v) is 6.42. The quantitative estimate of drug-likeness (QED) is 0.329. The van der Waals surface area contributed by atoms with Crippen LogP contribution in [-0.2, 0) is 14.4 Å². The molecular formula is C18H21NO3S. The standard InChI is InChI=1S/C18H21NO3S/c1-13(19-22-3)17(10-11-18(20)21-2)23-16-9-8-14-6-4-5-7-15(14)12-16/h4-9,12,17H,10-11H2,1-3H3/b19-13-. The van der Waals surface area contributed by atoms with E-state index in [4.69, 9.17) is 9.57 Å². The van der Waals surface area contributed by atoms with Crippen molar-refractivity contribution in [3.05, 3.63) is 42.5 Å². The molecule has 0 radical (unpaired) electrons. The van der Waals surface area contributed by atoms with Crippen LogP contribution < -0.4 is 0 Å². The minimum Gasteiger partial charge on any atom is -0.469 e. The smallest absolute Gasteiger partial charge is 0.305 e. The van der Waals surface area contributed by atoms with Crippen LogP contribution >= 0.6 is 11.8 Å². The number of carbonyl (C=O) groups is 1. The zero-order chi connectivity index (χ0) is 16.7. The molecule has 0 N–H and O–H groups in total. The van der Waals surface area contributed by atoms with E-state index in [2.05, 4.69) is 35.5 Å². The lowest BCUT2D eigenvalue weighted by molar-refractivity contribution is -0.140. The van der Waals surface area contributed by atoms with E-state index in [9.17, 15) is 4.79 Å². The zero-order valence-electron chi connectivity index (χ0n) is 13.6. The largest absolute Gasteiger partial charge is 0.469 e. The highest BCUT2D eigenvalue weighted by molar-refractivity contribution is 8.00. The van der Waals surface area contributed by atoms with Gasteiger partial charge in [-0.05, 0) is 36.2 Å². The van der Waals surface area contributed by atoms with Gasteiger partial charge in [0.1, 0.15) is 7.11 Å². The summed E-state index contributed by atoms with van der Waals surface area (Å²) < 4.78 is 4.73. The summed E-state index contributed by atoms with van der Waals surface area (Å²) in [6.07, 6.45) is 1.02. The summed E-state index contributed by atoms with van der Waals surface area (Å²) in [7, 11) is 2.94. The summed E-state index contributed by atoms with van der Waals surface area (Å²) >= 11 is 1.69. The number of methoxy groups -OCH3 is 1. The van der Waals surface area contributed by atoms with E-state index in [0.717, 1.165) is 10.6 Å². The van der Waals surface area contributed by atoms with Crippen LogP contribution in [0, 0.1) is 0 Å². The van der Waals surface area contributed by atoms with Crippen molar-refractivity contribution in [1.29, 1.82) is 0 Å². The molecule has 0 amide bonds. The van der Waals surface area contributed by atoms with Gasteiger partial charge >= 0.3 is 5.97 Å². The lowest BCUT2D eigenvalue weighted by Gasteiger charge is -2.16. The molecule has 0 fully saturated rings. The second-order valence-electron chi connectivity index (χ2n) is 5.15. The predicted octanol–water partition coefficient (Wildman–Crippen LogP) is 4.28. The minimum absolute atomic E-state index is 0.0650. The highest BCUT2D eigenvalue weighted by Gasteiger charge is 2.17. The molecule has 0 aliphatic heterocycles. The molecule has 0 aliphatic carbocycles. The Labute approximate surface area is 140 Å². The number of thioether (sulfide) groups is 1. The maximum Gasteiger partial charge on any atom is 0.305 e. The first-order valence-corrected chi connectivity index (χ1v) is 8.32. The van der Waals surface area contributed by atoms with Crippen molar-refractivity contribution in [3.8, 4) is 0 Å². The monoisotopic (exact) mass is 331 g/mol. The molecule has 5 heteroatoms. The van der Waals surface area contributed by atoms with Gasteiger partial charge in [-0.3, -0.25) is 4.79 Å². The van der Waals surface area contributed by atoms with Gasteiger partial charge in [0.25, 0.3) is 0 Å². The molecule has 0 saturated heterocycles. The topological polar surface area (TPSA) is 47.9 Å². The molecule has 1 atom stereocenters. The van der Waals surface area contributed by atoms with Gasteiger partial charge in [-0.2, -0.15) is 0 Å². The van der Waals surface area contributed by atoms with Gasteiger partial charge in [0.05, 0.1) is 18.1 Å². The Morgan fingerprint density at radius 3 is 2.61 bits per heavy atom. The number of esters is 1. The van der Waals surface area contributed by atoms with Gasteiger partial charge in [0, 0.05) is 11.3 Å². The molecule has 0 bridgehead atoms. The SMILES string of the molecule is CO/N=C(/C)C(CCC(=O)OC)Sc1ccc2ccccc2c1. The van der Waals surface area contributed by atoms with Gasteiger partial charge in [-0.15, -0.1) is 11.8 Å². The summed E-state index contributed by atoms with van der Waals surface area (Å²) in [6.45, 7) is 1.92. The van der Waals surface area contributed by atoms with Gasteiger partial charge < -0.3 is 9.57 Å². The van der Waals surface area contributed by atoms with Crippen molar-refractivity contribution < 1.29 is 14.4 Å². The van der Waals surface area contributed by atoms with E-state index < -0.39 is 0 Å². The number of benzene rings is 2. The van der Waals surface area contributed by atoms with Crippen LogP contribution in [0.2, 0.25) is 0 Å². The minimum atomic E-state index is -0.209. The van der Waals surface area contributed by atoms with E-state index in [0.29, 0.717) is 12.8 Å². The van der Waals surface area contributed by atoms with Crippen LogP contribution in [0.5, 0.6) is 0 Å². The van der Waals surface area contributed by atoms with Gasteiger partial charge in [0.2, 0.25) is 0 Å². The molecule has 0 spiro atoms. The van der Waals surface area contributed by atoms with E-state index in [1.165, 1.54) is 25.0 Å². The van der Waals surface area contributed by atoms with Crippen LogP contribution in [0.4, 0.5) is 0 Å². The number of oxime groups is 1. The first-order chi connectivity index (χ1) is 11.1. The normalized spacial score (nSPS) is 12.9. The van der Waals surface area contributed by atoms with Crippen molar-refractivity contribution in [2.45, 2.75) is 29.9 Å². The molecule has 4 nitrogen and oxygen atoms in total. The van der Waals surface area contributed by atoms with Gasteiger partial charge in [-0.1, -0.05) is 35.5 Å². The van der Waals surface area contributed by atoms with E-state index >= 15 is 0 Å². The molecule has 122 valence electrons. The summed E-state index contributed by atoms with van der Waals surface area (Å²) in [5.74, 6) is -0.209. The average Bonchev–Trinajstić information content (AvgIpc) is 2.58. The summed E-state index contributed by atoms with van der Waals surface area (Å²) in [5, 5.41) is 6.51. The molecule has 0 aliphatic rings. The first kappa shape index (κ1) is 17.3. The Morgan fingerprint density at radius 1 is 1.17 bits per heavy atom.